The lowest BCUT2D eigenvalue weighted by molar-refractivity contribution is 0.0303. The fraction of sp³-hybridized carbons (Fsp3) is 0.250. The molecule has 0 aliphatic carbocycles. The van der Waals surface area contributed by atoms with Gasteiger partial charge in [0.2, 0.25) is 0 Å². The van der Waals surface area contributed by atoms with Gasteiger partial charge in [-0.15, -0.1) is 0 Å². The predicted molar refractivity (Wildman–Crippen MR) is 106 cm³/mol. The lowest BCUT2D eigenvalue weighted by Gasteiger charge is -2.26. The fourth-order valence-electron chi connectivity index (χ4n) is 3.24. The van der Waals surface area contributed by atoms with Crippen molar-refractivity contribution in [2.75, 3.05) is 26.3 Å². The van der Waals surface area contributed by atoms with E-state index >= 15 is 0 Å². The summed E-state index contributed by atoms with van der Waals surface area (Å²) in [7, 11) is 0. The first kappa shape index (κ1) is 18.3. The molecule has 0 unspecified atom stereocenters. The van der Waals surface area contributed by atoms with E-state index in [1.54, 1.807) is 0 Å². The normalized spacial score (nSPS) is 14.7. The summed E-state index contributed by atoms with van der Waals surface area (Å²) < 4.78 is 11.0. The standard InChI is InChI=1S/C20H18Cl2N2O3/c21-18-11-15(9-16-10-17(12-23-22)27-19(16)18)13-1-3-14(4-2-13)20(25)24-5-7-26-8-6-24/h1-4,9-11,23H,5-8,12H2. The smallest absolute Gasteiger partial charge is 0.254 e. The van der Waals surface area contributed by atoms with Crippen LogP contribution < -0.4 is 4.84 Å². The van der Waals surface area contributed by atoms with Gasteiger partial charge in [-0.25, -0.2) is 4.84 Å². The van der Waals surface area contributed by atoms with Crippen molar-refractivity contribution >= 4 is 40.3 Å². The van der Waals surface area contributed by atoms with E-state index in [0.29, 0.717) is 54.8 Å². The number of rotatable bonds is 4. The van der Waals surface area contributed by atoms with Crippen LogP contribution in [0.5, 0.6) is 0 Å². The molecule has 0 radical (unpaired) electrons. The van der Waals surface area contributed by atoms with Crippen molar-refractivity contribution in [1.29, 1.82) is 0 Å². The maximum absolute atomic E-state index is 12.6. The first-order valence-corrected chi connectivity index (χ1v) is 9.44. The Morgan fingerprint density at radius 1 is 1.07 bits per heavy atom. The molecule has 5 nitrogen and oxygen atoms in total. The Morgan fingerprint density at radius 3 is 2.52 bits per heavy atom. The van der Waals surface area contributed by atoms with E-state index in [9.17, 15) is 4.79 Å². The third-order valence-corrected chi connectivity index (χ3v) is 5.04. The number of furan rings is 1. The Bertz CT molecular complexity index is 963. The first-order chi connectivity index (χ1) is 13.2. The molecule has 4 rings (SSSR count). The van der Waals surface area contributed by atoms with Gasteiger partial charge in [-0.05, 0) is 53.2 Å². The summed E-state index contributed by atoms with van der Waals surface area (Å²) in [4.78, 5) is 16.9. The average Bonchev–Trinajstić information content (AvgIpc) is 3.12. The zero-order valence-electron chi connectivity index (χ0n) is 14.5. The number of nitrogens with one attached hydrogen (secondary N) is 1. The van der Waals surface area contributed by atoms with E-state index in [2.05, 4.69) is 4.84 Å². The van der Waals surface area contributed by atoms with Crippen LogP contribution in [0, 0.1) is 0 Å². The van der Waals surface area contributed by atoms with Gasteiger partial charge in [0, 0.05) is 24.0 Å². The monoisotopic (exact) mass is 404 g/mol. The molecule has 2 heterocycles. The number of hydrogen-bond acceptors (Lipinski definition) is 4. The van der Waals surface area contributed by atoms with E-state index in [4.69, 9.17) is 32.5 Å². The van der Waals surface area contributed by atoms with E-state index in [0.717, 1.165) is 16.5 Å². The van der Waals surface area contributed by atoms with Crippen molar-refractivity contribution in [3.63, 3.8) is 0 Å². The molecule has 1 aliphatic heterocycles. The summed E-state index contributed by atoms with van der Waals surface area (Å²) in [5.41, 5.74) is 3.26. The number of amides is 1. The fourth-order valence-corrected chi connectivity index (χ4v) is 3.63. The summed E-state index contributed by atoms with van der Waals surface area (Å²) in [6.07, 6.45) is 0. The molecule has 0 bridgehead atoms. The van der Waals surface area contributed by atoms with Gasteiger partial charge in [0.25, 0.3) is 5.91 Å². The van der Waals surface area contributed by atoms with Crippen LogP contribution in [0.25, 0.3) is 22.1 Å². The van der Waals surface area contributed by atoms with Crippen molar-refractivity contribution in [1.82, 2.24) is 9.74 Å². The molecule has 1 saturated heterocycles. The average molecular weight is 405 g/mol. The van der Waals surface area contributed by atoms with Crippen molar-refractivity contribution in [2.45, 2.75) is 6.54 Å². The van der Waals surface area contributed by atoms with Crippen LogP contribution in [-0.2, 0) is 11.3 Å². The van der Waals surface area contributed by atoms with E-state index < -0.39 is 0 Å². The maximum Gasteiger partial charge on any atom is 0.254 e. The van der Waals surface area contributed by atoms with Crippen molar-refractivity contribution in [2.24, 2.45) is 0 Å². The van der Waals surface area contributed by atoms with Gasteiger partial charge in [-0.3, -0.25) is 4.79 Å². The second-order valence-electron chi connectivity index (χ2n) is 6.38. The van der Waals surface area contributed by atoms with Crippen molar-refractivity contribution in [3.05, 3.63) is 58.8 Å². The molecule has 3 aromatic rings. The van der Waals surface area contributed by atoms with Crippen LogP contribution in [-0.4, -0.2) is 37.1 Å². The largest absolute Gasteiger partial charge is 0.458 e. The number of morpholine rings is 1. The molecule has 2 aromatic carbocycles. The quantitative estimate of drug-likeness (QED) is 0.651. The van der Waals surface area contributed by atoms with Crippen molar-refractivity contribution < 1.29 is 13.9 Å². The topological polar surface area (TPSA) is 54.7 Å². The molecule has 1 aromatic heterocycles. The third kappa shape index (κ3) is 3.82. The molecule has 0 saturated carbocycles. The van der Waals surface area contributed by atoms with E-state index in [-0.39, 0.29) is 5.91 Å². The Labute approximate surface area is 166 Å². The molecular weight excluding hydrogens is 387 g/mol. The van der Waals surface area contributed by atoms with Crippen LogP contribution in [0.3, 0.4) is 0 Å². The van der Waals surface area contributed by atoms with E-state index in [1.165, 1.54) is 0 Å². The molecule has 140 valence electrons. The van der Waals surface area contributed by atoms with Crippen LogP contribution in [0.1, 0.15) is 16.1 Å². The molecule has 7 heteroatoms. The van der Waals surface area contributed by atoms with Crippen LogP contribution in [0.15, 0.2) is 46.9 Å². The SMILES string of the molecule is O=C(c1ccc(-c2cc(Cl)c3oc(CNCl)cc3c2)cc1)N1CCOCC1. The van der Waals surface area contributed by atoms with Gasteiger partial charge in [-0.1, -0.05) is 23.7 Å². The molecule has 1 fully saturated rings. The number of ether oxygens (including phenoxy) is 1. The highest BCUT2D eigenvalue weighted by Gasteiger charge is 2.18. The van der Waals surface area contributed by atoms with E-state index in [1.807, 2.05) is 47.4 Å². The highest BCUT2D eigenvalue weighted by Crippen LogP contribution is 2.33. The Morgan fingerprint density at radius 2 is 1.81 bits per heavy atom. The van der Waals surface area contributed by atoms with Crippen LogP contribution >= 0.6 is 23.4 Å². The molecule has 1 aliphatic rings. The summed E-state index contributed by atoms with van der Waals surface area (Å²) in [5, 5.41) is 1.45. The van der Waals surface area contributed by atoms with Gasteiger partial charge in [0.05, 0.1) is 24.8 Å². The van der Waals surface area contributed by atoms with Crippen molar-refractivity contribution in [3.8, 4) is 11.1 Å². The van der Waals surface area contributed by atoms with Crippen LogP contribution in [0.4, 0.5) is 0 Å². The molecular formula is C20H18Cl2N2O3. The molecule has 27 heavy (non-hydrogen) atoms. The zero-order chi connectivity index (χ0) is 18.8. The highest BCUT2D eigenvalue weighted by molar-refractivity contribution is 6.35. The second-order valence-corrected chi connectivity index (χ2v) is 7.06. The summed E-state index contributed by atoms with van der Waals surface area (Å²) >= 11 is 11.9. The minimum atomic E-state index is 0.0337. The highest BCUT2D eigenvalue weighted by atomic mass is 35.5. The number of carbonyl (C=O) groups excluding carboxylic acids is 1. The molecule has 0 atom stereocenters. The predicted octanol–water partition coefficient (Wildman–Crippen LogP) is 4.47. The number of nitrogens with zero attached hydrogens (tertiary/aromatic N) is 1. The minimum absolute atomic E-state index is 0.0337. The van der Waals surface area contributed by atoms with Gasteiger partial charge < -0.3 is 14.1 Å². The number of fused-ring (bicyclic) bond motifs is 1. The summed E-state index contributed by atoms with van der Waals surface area (Å²) in [6.45, 7) is 2.86. The second kappa shape index (κ2) is 7.90. The van der Waals surface area contributed by atoms with Gasteiger partial charge >= 0.3 is 0 Å². The third-order valence-electron chi connectivity index (χ3n) is 4.63. The Kier molecular flexibility index (Phi) is 5.36. The number of hydrogen-bond donors (Lipinski definition) is 1. The number of benzene rings is 2. The molecule has 1 N–H and O–H groups in total. The minimum Gasteiger partial charge on any atom is -0.458 e. The zero-order valence-corrected chi connectivity index (χ0v) is 16.0. The molecule has 1 amide bonds. The van der Waals surface area contributed by atoms with Gasteiger partial charge in [-0.2, -0.15) is 0 Å². The first-order valence-electron chi connectivity index (χ1n) is 8.68. The Balaban J connectivity index is 1.60. The number of halogens is 2. The lowest BCUT2D eigenvalue weighted by atomic mass is 10.0. The van der Waals surface area contributed by atoms with Crippen LogP contribution in [0.2, 0.25) is 5.02 Å². The lowest BCUT2D eigenvalue weighted by Crippen LogP contribution is -2.40. The van der Waals surface area contributed by atoms with Gasteiger partial charge in [0.1, 0.15) is 5.76 Å². The summed E-state index contributed by atoms with van der Waals surface area (Å²) in [6, 6.07) is 13.4. The molecule has 0 spiro atoms. The summed E-state index contributed by atoms with van der Waals surface area (Å²) in [5.74, 6) is 0.747. The maximum atomic E-state index is 12.6. The van der Waals surface area contributed by atoms with Gasteiger partial charge in [0.15, 0.2) is 5.58 Å². The number of carbonyl (C=O) groups is 1. The Hall–Kier alpha value is -2.05.